The molecule has 4 nitrogen and oxygen atoms in total. The minimum atomic E-state index is 0. The van der Waals surface area contributed by atoms with Crippen molar-refractivity contribution in [3.05, 3.63) is 70.9 Å². The lowest BCUT2D eigenvalue weighted by atomic mass is 10.1. The van der Waals surface area contributed by atoms with Crippen LogP contribution in [0.4, 0.5) is 5.95 Å². The maximum Gasteiger partial charge on any atom is 0.355 e. The number of nitrogens with zero attached hydrogens (tertiary/aromatic N) is 2. The highest BCUT2D eigenvalue weighted by Gasteiger charge is 2.20. The lowest BCUT2D eigenvalue weighted by molar-refractivity contribution is -0.667. The molecule has 3 rings (SSSR count). The van der Waals surface area contributed by atoms with E-state index >= 15 is 0 Å². The average molecular weight is 421 g/mol. The van der Waals surface area contributed by atoms with E-state index in [0.29, 0.717) is 16.5 Å². The van der Waals surface area contributed by atoms with Gasteiger partial charge in [-0.15, -0.1) is 0 Å². The summed E-state index contributed by atoms with van der Waals surface area (Å²) in [6.45, 7) is 2.20. The zero-order valence-corrected chi connectivity index (χ0v) is 16.4. The fraction of sp³-hybridized carbons (Fsp3) is 0.158. The van der Waals surface area contributed by atoms with Gasteiger partial charge >= 0.3 is 5.95 Å². The number of anilines is 1. The topological polar surface area (TPSA) is 51.9 Å². The minimum Gasteiger partial charge on any atom is -1.00 e. The number of hydrogen-bond donors (Lipinski definition) is 1. The summed E-state index contributed by atoms with van der Waals surface area (Å²) in [5, 5.41) is 0.684. The number of aryl methyl sites for hydroxylation is 1. The van der Waals surface area contributed by atoms with E-state index in [1.807, 2.05) is 73.3 Å². The Hall–Kier alpha value is -2.11. The van der Waals surface area contributed by atoms with Gasteiger partial charge in [0.2, 0.25) is 0 Å². The van der Waals surface area contributed by atoms with Gasteiger partial charge in [-0.25, -0.2) is 9.13 Å². The average Bonchev–Trinajstić information content (AvgIpc) is 2.85. The summed E-state index contributed by atoms with van der Waals surface area (Å²) in [6.07, 6.45) is 1.89. The highest BCUT2D eigenvalue weighted by atomic mass is 79.9. The van der Waals surface area contributed by atoms with Crippen molar-refractivity contribution in [1.29, 1.82) is 0 Å². The minimum absolute atomic E-state index is 0. The van der Waals surface area contributed by atoms with Gasteiger partial charge in [0.15, 0.2) is 5.78 Å². The van der Waals surface area contributed by atoms with Crippen LogP contribution < -0.4 is 27.3 Å². The van der Waals surface area contributed by atoms with Crippen LogP contribution >= 0.6 is 11.6 Å². The quantitative estimate of drug-likeness (QED) is 0.491. The second-order valence-corrected chi connectivity index (χ2v) is 6.29. The van der Waals surface area contributed by atoms with Crippen LogP contribution in [0.1, 0.15) is 15.9 Å². The zero-order valence-electron chi connectivity index (χ0n) is 14.0. The number of carbonyl (C=O) groups excluding carboxylic acids is 1. The van der Waals surface area contributed by atoms with Crippen molar-refractivity contribution in [3.63, 3.8) is 0 Å². The van der Waals surface area contributed by atoms with Crippen molar-refractivity contribution >= 4 is 23.3 Å². The first-order valence-corrected chi connectivity index (χ1v) is 8.04. The first kappa shape index (κ1) is 19.2. The molecule has 6 heteroatoms. The molecule has 2 N–H and O–H groups in total. The van der Waals surface area contributed by atoms with Crippen LogP contribution in [-0.4, -0.2) is 10.4 Å². The molecule has 0 atom stereocenters. The van der Waals surface area contributed by atoms with Gasteiger partial charge in [-0.3, -0.25) is 10.5 Å². The maximum absolute atomic E-state index is 12.5. The highest BCUT2D eigenvalue weighted by molar-refractivity contribution is 6.30. The van der Waals surface area contributed by atoms with E-state index in [2.05, 4.69) is 0 Å². The van der Waals surface area contributed by atoms with Gasteiger partial charge in [0.05, 0.1) is 7.05 Å². The fourth-order valence-electron chi connectivity index (χ4n) is 2.62. The molecule has 1 heterocycles. The molecule has 0 bridgehead atoms. The summed E-state index contributed by atoms with van der Waals surface area (Å²) in [5.41, 5.74) is 9.91. The molecule has 0 aliphatic heterocycles. The lowest BCUT2D eigenvalue weighted by Gasteiger charge is -2.01. The van der Waals surface area contributed by atoms with Gasteiger partial charge in [0, 0.05) is 16.1 Å². The molecule has 25 heavy (non-hydrogen) atoms. The van der Waals surface area contributed by atoms with Gasteiger partial charge in [-0.2, -0.15) is 0 Å². The molecule has 0 spiro atoms. The van der Waals surface area contributed by atoms with Crippen LogP contribution in [0.5, 0.6) is 0 Å². The van der Waals surface area contributed by atoms with Crippen LogP contribution in [0, 0.1) is 6.92 Å². The maximum atomic E-state index is 12.5. The van der Waals surface area contributed by atoms with Crippen LogP contribution in [0.25, 0.3) is 11.3 Å². The number of aromatic nitrogens is 2. The number of imidazole rings is 1. The molecule has 1 aromatic heterocycles. The Morgan fingerprint density at radius 2 is 1.72 bits per heavy atom. The molecular formula is C19H19BrClN3O. The third kappa shape index (κ3) is 4.11. The van der Waals surface area contributed by atoms with E-state index in [4.69, 9.17) is 17.3 Å². The monoisotopic (exact) mass is 419 g/mol. The van der Waals surface area contributed by atoms with E-state index < -0.39 is 0 Å². The first-order valence-electron chi connectivity index (χ1n) is 7.66. The van der Waals surface area contributed by atoms with E-state index in [1.165, 1.54) is 0 Å². The summed E-state index contributed by atoms with van der Waals surface area (Å²) in [6, 6.07) is 15.1. The summed E-state index contributed by atoms with van der Waals surface area (Å²) in [4.78, 5) is 12.5. The molecule has 0 unspecified atom stereocenters. The molecule has 130 valence electrons. The Kier molecular flexibility index (Phi) is 6.03. The zero-order chi connectivity index (χ0) is 17.3. The number of Topliss-reactive ketones (excluding diaryl/α,β-unsaturated/α-hetero) is 1. The number of benzene rings is 2. The van der Waals surface area contributed by atoms with Gasteiger partial charge in [0.1, 0.15) is 18.4 Å². The molecule has 3 aromatic rings. The summed E-state index contributed by atoms with van der Waals surface area (Å²) in [5.74, 6) is 0.556. The van der Waals surface area contributed by atoms with Gasteiger partial charge in [-0.1, -0.05) is 41.4 Å². The SMILES string of the molecule is Cc1ccc(C(=O)C[n+]2cc(-c3ccc(Cl)cc3)n(C)c2N)cc1.[Br-]. The molecule has 0 saturated heterocycles. The lowest BCUT2D eigenvalue weighted by Crippen LogP contribution is -3.00. The second-order valence-electron chi connectivity index (χ2n) is 5.86. The number of ketones is 1. The molecule has 0 radical (unpaired) electrons. The Balaban J connectivity index is 0.00000225. The smallest absolute Gasteiger partial charge is 0.355 e. The fourth-order valence-corrected chi connectivity index (χ4v) is 2.74. The van der Waals surface area contributed by atoms with Crippen LogP contribution in [0.15, 0.2) is 54.7 Å². The van der Waals surface area contributed by atoms with E-state index in [1.54, 1.807) is 4.57 Å². The summed E-state index contributed by atoms with van der Waals surface area (Å²) >= 11 is 5.94. The van der Waals surface area contributed by atoms with Crippen LogP contribution in [0.2, 0.25) is 5.02 Å². The highest BCUT2D eigenvalue weighted by Crippen LogP contribution is 2.22. The number of carbonyl (C=O) groups is 1. The molecule has 0 aliphatic rings. The molecular weight excluding hydrogens is 402 g/mol. The predicted molar refractivity (Wildman–Crippen MR) is 96.0 cm³/mol. The predicted octanol–water partition coefficient (Wildman–Crippen LogP) is 0.411. The largest absolute Gasteiger partial charge is 1.00 e. The normalized spacial score (nSPS) is 10.4. The third-order valence-corrected chi connectivity index (χ3v) is 4.36. The number of hydrogen-bond acceptors (Lipinski definition) is 2. The summed E-state index contributed by atoms with van der Waals surface area (Å²) in [7, 11) is 1.88. The van der Waals surface area contributed by atoms with Crippen LogP contribution in [0.3, 0.4) is 0 Å². The second kappa shape index (κ2) is 7.85. The van der Waals surface area contributed by atoms with Gasteiger partial charge in [0.25, 0.3) is 0 Å². The first-order chi connectivity index (χ1) is 11.5. The number of nitrogens with two attached hydrogens (primary N) is 1. The van der Waals surface area contributed by atoms with Crippen molar-refractivity contribution < 1.29 is 26.3 Å². The van der Waals surface area contributed by atoms with E-state index in [0.717, 1.165) is 16.8 Å². The Bertz CT molecular complexity index is 886. The number of halogens is 2. The van der Waals surface area contributed by atoms with Crippen molar-refractivity contribution in [2.24, 2.45) is 7.05 Å². The number of rotatable bonds is 4. The van der Waals surface area contributed by atoms with E-state index in [9.17, 15) is 4.79 Å². The molecule has 0 aliphatic carbocycles. The molecule has 0 saturated carbocycles. The standard InChI is InChI=1S/C19H18ClN3O.BrH/c1-13-3-5-15(6-4-13)18(24)12-23-11-17(22(2)19(23)21)14-7-9-16(20)10-8-14;/h3-11,21H,12H2,1-2H3;1H. The van der Waals surface area contributed by atoms with Crippen molar-refractivity contribution in [1.82, 2.24) is 4.57 Å². The third-order valence-electron chi connectivity index (χ3n) is 4.10. The Morgan fingerprint density at radius 3 is 2.32 bits per heavy atom. The number of nitrogen functional groups attached to an aromatic ring is 1. The Morgan fingerprint density at radius 1 is 1.12 bits per heavy atom. The van der Waals surface area contributed by atoms with Crippen molar-refractivity contribution in [3.8, 4) is 11.3 Å². The van der Waals surface area contributed by atoms with Gasteiger partial charge in [-0.05, 0) is 31.2 Å². The Labute approximate surface area is 162 Å². The van der Waals surface area contributed by atoms with Crippen molar-refractivity contribution in [2.75, 3.05) is 5.73 Å². The van der Waals surface area contributed by atoms with Crippen LogP contribution in [-0.2, 0) is 13.6 Å². The molecule has 0 amide bonds. The van der Waals surface area contributed by atoms with Gasteiger partial charge < -0.3 is 17.0 Å². The van der Waals surface area contributed by atoms with E-state index in [-0.39, 0.29) is 29.3 Å². The van der Waals surface area contributed by atoms with Crippen molar-refractivity contribution in [2.45, 2.75) is 13.5 Å². The molecule has 0 fully saturated rings. The molecule has 2 aromatic carbocycles. The summed E-state index contributed by atoms with van der Waals surface area (Å²) < 4.78 is 3.64.